The summed E-state index contributed by atoms with van der Waals surface area (Å²) in [6.07, 6.45) is 0. The lowest BCUT2D eigenvalue weighted by Crippen LogP contribution is -2.07. The average Bonchev–Trinajstić information content (AvgIpc) is 2.48. The molecule has 0 saturated heterocycles. The number of nitrogens with one attached hydrogen (secondary N) is 2. The SMILES string of the molecule is CCNc1nc(Nc2ccc(C(C)C)cc2)nc(OC)n1. The number of ether oxygens (including phenoxy) is 1. The van der Waals surface area contributed by atoms with E-state index in [0.717, 1.165) is 12.2 Å². The summed E-state index contributed by atoms with van der Waals surface area (Å²) < 4.78 is 5.09. The van der Waals surface area contributed by atoms with E-state index in [2.05, 4.69) is 51.6 Å². The smallest absolute Gasteiger partial charge is 0.322 e. The number of nitrogens with zero attached hydrogens (tertiary/aromatic N) is 3. The van der Waals surface area contributed by atoms with E-state index in [0.29, 0.717) is 17.8 Å². The third kappa shape index (κ3) is 4.05. The Morgan fingerprint density at radius 3 is 2.29 bits per heavy atom. The Morgan fingerprint density at radius 1 is 1.05 bits per heavy atom. The molecule has 1 aromatic carbocycles. The van der Waals surface area contributed by atoms with Crippen molar-refractivity contribution in [3.05, 3.63) is 29.8 Å². The minimum Gasteiger partial charge on any atom is -0.467 e. The number of benzene rings is 1. The molecule has 0 fully saturated rings. The molecule has 2 N–H and O–H groups in total. The van der Waals surface area contributed by atoms with E-state index < -0.39 is 0 Å². The zero-order valence-corrected chi connectivity index (χ0v) is 12.8. The summed E-state index contributed by atoms with van der Waals surface area (Å²) in [7, 11) is 1.53. The van der Waals surface area contributed by atoms with Gasteiger partial charge in [-0.1, -0.05) is 26.0 Å². The maximum absolute atomic E-state index is 5.09. The second-order valence-electron chi connectivity index (χ2n) is 4.90. The van der Waals surface area contributed by atoms with E-state index in [9.17, 15) is 0 Å². The number of anilines is 3. The van der Waals surface area contributed by atoms with E-state index in [1.807, 2.05) is 19.1 Å². The Balaban J connectivity index is 2.19. The molecule has 1 heterocycles. The Bertz CT molecular complexity index is 583. The zero-order chi connectivity index (χ0) is 15.2. The molecular weight excluding hydrogens is 266 g/mol. The van der Waals surface area contributed by atoms with E-state index >= 15 is 0 Å². The predicted molar refractivity (Wildman–Crippen MR) is 84.4 cm³/mol. The predicted octanol–water partition coefficient (Wildman–Crippen LogP) is 3.18. The van der Waals surface area contributed by atoms with Gasteiger partial charge in [0.05, 0.1) is 7.11 Å². The van der Waals surface area contributed by atoms with E-state index in [1.54, 1.807) is 0 Å². The monoisotopic (exact) mass is 287 g/mol. The van der Waals surface area contributed by atoms with E-state index in [4.69, 9.17) is 4.74 Å². The van der Waals surface area contributed by atoms with Gasteiger partial charge in [-0.2, -0.15) is 15.0 Å². The minimum atomic E-state index is 0.280. The fourth-order valence-electron chi connectivity index (χ4n) is 1.82. The third-order valence-electron chi connectivity index (χ3n) is 2.97. The van der Waals surface area contributed by atoms with Crippen molar-refractivity contribution in [2.24, 2.45) is 0 Å². The summed E-state index contributed by atoms with van der Waals surface area (Å²) in [5, 5.41) is 6.21. The lowest BCUT2D eigenvalue weighted by molar-refractivity contribution is 0.379. The molecule has 2 aromatic rings. The van der Waals surface area contributed by atoms with Crippen LogP contribution in [0.5, 0.6) is 6.01 Å². The summed E-state index contributed by atoms with van der Waals surface area (Å²) in [5.41, 5.74) is 2.22. The molecule has 0 aliphatic rings. The Hall–Kier alpha value is -2.37. The van der Waals surface area contributed by atoms with E-state index in [-0.39, 0.29) is 6.01 Å². The van der Waals surface area contributed by atoms with Gasteiger partial charge in [0.15, 0.2) is 0 Å². The van der Waals surface area contributed by atoms with Crippen molar-refractivity contribution < 1.29 is 4.74 Å². The first-order valence-electron chi connectivity index (χ1n) is 7.03. The van der Waals surface area contributed by atoms with Gasteiger partial charge >= 0.3 is 6.01 Å². The Morgan fingerprint density at radius 2 is 1.71 bits per heavy atom. The van der Waals surface area contributed by atoms with Crippen LogP contribution in [0.25, 0.3) is 0 Å². The maximum atomic E-state index is 5.09. The van der Waals surface area contributed by atoms with Crippen LogP contribution in [0, 0.1) is 0 Å². The first-order chi connectivity index (χ1) is 10.1. The van der Waals surface area contributed by atoms with Crippen LogP contribution in [0.15, 0.2) is 24.3 Å². The van der Waals surface area contributed by atoms with Crippen LogP contribution in [0.2, 0.25) is 0 Å². The van der Waals surface area contributed by atoms with Crippen LogP contribution < -0.4 is 15.4 Å². The molecular formula is C15H21N5O. The van der Waals surface area contributed by atoms with Crippen LogP contribution in [0.1, 0.15) is 32.3 Å². The van der Waals surface area contributed by atoms with E-state index in [1.165, 1.54) is 12.7 Å². The molecule has 21 heavy (non-hydrogen) atoms. The van der Waals surface area contributed by atoms with Gasteiger partial charge < -0.3 is 15.4 Å². The normalized spacial score (nSPS) is 10.5. The molecule has 6 heteroatoms. The van der Waals surface area contributed by atoms with Crippen molar-refractivity contribution >= 4 is 17.6 Å². The zero-order valence-electron chi connectivity index (χ0n) is 12.8. The van der Waals surface area contributed by atoms with Gasteiger partial charge in [-0.15, -0.1) is 0 Å². The highest BCUT2D eigenvalue weighted by Crippen LogP contribution is 2.20. The van der Waals surface area contributed by atoms with Crippen molar-refractivity contribution in [1.82, 2.24) is 15.0 Å². The number of hydrogen-bond acceptors (Lipinski definition) is 6. The van der Waals surface area contributed by atoms with Gasteiger partial charge in [0.1, 0.15) is 0 Å². The van der Waals surface area contributed by atoms with Crippen LogP contribution in [0.3, 0.4) is 0 Å². The molecule has 0 saturated carbocycles. The highest BCUT2D eigenvalue weighted by Gasteiger charge is 2.07. The highest BCUT2D eigenvalue weighted by molar-refractivity contribution is 5.55. The first-order valence-corrected chi connectivity index (χ1v) is 7.03. The molecule has 0 aliphatic carbocycles. The fourth-order valence-corrected chi connectivity index (χ4v) is 1.82. The summed E-state index contributed by atoms with van der Waals surface area (Å²) in [6, 6.07) is 8.49. The second-order valence-corrected chi connectivity index (χ2v) is 4.90. The lowest BCUT2D eigenvalue weighted by atomic mass is 10.0. The first kappa shape index (κ1) is 15.0. The van der Waals surface area contributed by atoms with Crippen molar-refractivity contribution in [3.63, 3.8) is 0 Å². The van der Waals surface area contributed by atoms with Crippen LogP contribution in [0.4, 0.5) is 17.6 Å². The number of rotatable bonds is 6. The Labute approximate surface area is 125 Å². The summed E-state index contributed by atoms with van der Waals surface area (Å²) in [5.74, 6) is 1.46. The van der Waals surface area contributed by atoms with Gasteiger partial charge in [0, 0.05) is 12.2 Å². The van der Waals surface area contributed by atoms with Crippen LogP contribution in [-0.4, -0.2) is 28.6 Å². The number of aromatic nitrogens is 3. The summed E-state index contributed by atoms with van der Waals surface area (Å²) in [4.78, 5) is 12.6. The fraction of sp³-hybridized carbons (Fsp3) is 0.400. The average molecular weight is 287 g/mol. The summed E-state index contributed by atoms with van der Waals surface area (Å²) >= 11 is 0. The van der Waals surface area contributed by atoms with Gasteiger partial charge in [0.25, 0.3) is 0 Å². The van der Waals surface area contributed by atoms with Crippen LogP contribution in [-0.2, 0) is 0 Å². The number of methoxy groups -OCH3 is 1. The molecule has 112 valence electrons. The molecule has 0 amide bonds. The molecule has 0 bridgehead atoms. The Kier molecular flexibility index (Phi) is 4.92. The van der Waals surface area contributed by atoms with Crippen molar-refractivity contribution in [1.29, 1.82) is 0 Å². The molecule has 0 atom stereocenters. The van der Waals surface area contributed by atoms with Crippen molar-refractivity contribution in [3.8, 4) is 6.01 Å². The van der Waals surface area contributed by atoms with Gasteiger partial charge in [0.2, 0.25) is 11.9 Å². The molecule has 0 radical (unpaired) electrons. The highest BCUT2D eigenvalue weighted by atomic mass is 16.5. The topological polar surface area (TPSA) is 72.0 Å². The molecule has 6 nitrogen and oxygen atoms in total. The summed E-state index contributed by atoms with van der Waals surface area (Å²) in [6.45, 7) is 7.05. The van der Waals surface area contributed by atoms with Crippen molar-refractivity contribution in [2.75, 3.05) is 24.3 Å². The lowest BCUT2D eigenvalue weighted by Gasteiger charge is -2.10. The quantitative estimate of drug-likeness (QED) is 0.850. The largest absolute Gasteiger partial charge is 0.467 e. The van der Waals surface area contributed by atoms with Crippen LogP contribution >= 0.6 is 0 Å². The minimum absolute atomic E-state index is 0.280. The van der Waals surface area contributed by atoms with Crippen molar-refractivity contribution in [2.45, 2.75) is 26.7 Å². The standard InChI is InChI=1S/C15H21N5O/c1-5-16-13-18-14(20-15(19-13)21-4)17-12-8-6-11(7-9-12)10(2)3/h6-10H,5H2,1-4H3,(H2,16,17,18,19,20). The van der Waals surface area contributed by atoms with Gasteiger partial charge in [-0.3, -0.25) is 0 Å². The molecule has 1 aromatic heterocycles. The third-order valence-corrected chi connectivity index (χ3v) is 2.97. The molecule has 0 spiro atoms. The molecule has 0 unspecified atom stereocenters. The maximum Gasteiger partial charge on any atom is 0.322 e. The molecule has 2 rings (SSSR count). The van der Waals surface area contributed by atoms with Gasteiger partial charge in [-0.05, 0) is 30.5 Å². The second kappa shape index (κ2) is 6.88. The molecule has 0 aliphatic heterocycles. The van der Waals surface area contributed by atoms with Gasteiger partial charge in [-0.25, -0.2) is 0 Å². The number of hydrogen-bond donors (Lipinski definition) is 2.